The van der Waals surface area contributed by atoms with Crippen LogP contribution in [-0.2, 0) is 17.5 Å². The molecule has 1 saturated heterocycles. The molecular formula is C15H15F3N4O2. The number of benzene rings is 1. The summed E-state index contributed by atoms with van der Waals surface area (Å²) in [6.07, 6.45) is -2.73. The van der Waals surface area contributed by atoms with E-state index in [1.165, 1.54) is 12.1 Å². The van der Waals surface area contributed by atoms with E-state index in [2.05, 4.69) is 20.8 Å². The summed E-state index contributed by atoms with van der Waals surface area (Å²) in [4.78, 5) is 15.9. The van der Waals surface area contributed by atoms with E-state index in [0.717, 1.165) is 31.5 Å². The fourth-order valence-corrected chi connectivity index (χ4v) is 2.47. The Kier molecular flexibility index (Phi) is 4.52. The van der Waals surface area contributed by atoms with Gasteiger partial charge in [-0.15, -0.1) is 0 Å². The van der Waals surface area contributed by atoms with Crippen LogP contribution in [0.4, 0.5) is 13.2 Å². The number of hydrogen-bond acceptors (Lipinski definition) is 5. The number of nitrogens with zero attached hydrogens (tertiary/aromatic N) is 2. The highest BCUT2D eigenvalue weighted by molar-refractivity contribution is 5.81. The zero-order chi connectivity index (χ0) is 17.2. The lowest BCUT2D eigenvalue weighted by Gasteiger charge is -2.08. The van der Waals surface area contributed by atoms with Crippen LogP contribution in [0.1, 0.15) is 24.3 Å². The number of nitrogens with one attached hydrogen (secondary N) is 2. The van der Waals surface area contributed by atoms with Crippen LogP contribution in [0.5, 0.6) is 0 Å². The molecule has 3 rings (SSSR count). The van der Waals surface area contributed by atoms with Crippen molar-refractivity contribution in [2.75, 3.05) is 6.54 Å². The van der Waals surface area contributed by atoms with Crippen molar-refractivity contribution in [1.29, 1.82) is 0 Å². The highest BCUT2D eigenvalue weighted by Gasteiger charge is 2.30. The minimum absolute atomic E-state index is 0.0307. The molecule has 2 heterocycles. The quantitative estimate of drug-likeness (QED) is 0.891. The van der Waals surface area contributed by atoms with Crippen LogP contribution in [0, 0.1) is 0 Å². The first-order chi connectivity index (χ1) is 11.4. The summed E-state index contributed by atoms with van der Waals surface area (Å²) in [5, 5.41) is 9.39. The first-order valence-corrected chi connectivity index (χ1v) is 7.45. The number of hydrogen-bond donors (Lipinski definition) is 2. The lowest BCUT2D eigenvalue weighted by Crippen LogP contribution is -2.40. The largest absolute Gasteiger partial charge is 0.416 e. The first-order valence-electron chi connectivity index (χ1n) is 7.45. The summed E-state index contributed by atoms with van der Waals surface area (Å²) in [6.45, 7) is 0.835. The molecule has 0 saturated carbocycles. The molecule has 6 nitrogen and oxygen atoms in total. The molecule has 1 amide bonds. The van der Waals surface area contributed by atoms with Gasteiger partial charge in [-0.3, -0.25) is 4.79 Å². The van der Waals surface area contributed by atoms with E-state index in [1.54, 1.807) is 0 Å². The molecule has 2 N–H and O–H groups in total. The maximum absolute atomic E-state index is 12.7. The van der Waals surface area contributed by atoms with Crippen LogP contribution in [0.15, 0.2) is 28.8 Å². The second kappa shape index (κ2) is 6.60. The lowest BCUT2D eigenvalue weighted by atomic mass is 10.1. The summed E-state index contributed by atoms with van der Waals surface area (Å²) < 4.78 is 43.2. The van der Waals surface area contributed by atoms with E-state index in [9.17, 15) is 18.0 Å². The summed E-state index contributed by atoms with van der Waals surface area (Å²) in [5.74, 6) is 0.0180. The Bertz CT molecular complexity index is 724. The smallest absolute Gasteiger partial charge is 0.346 e. The fourth-order valence-electron chi connectivity index (χ4n) is 2.47. The predicted octanol–water partition coefficient (Wildman–Crippen LogP) is 2.12. The molecule has 0 radical (unpaired) electrons. The molecule has 1 aliphatic heterocycles. The number of rotatable bonds is 4. The maximum Gasteiger partial charge on any atom is 0.416 e. The number of amides is 1. The van der Waals surface area contributed by atoms with Crippen molar-refractivity contribution in [2.45, 2.75) is 31.6 Å². The highest BCUT2D eigenvalue weighted by atomic mass is 19.4. The topological polar surface area (TPSA) is 80.1 Å². The van der Waals surface area contributed by atoms with E-state index in [0.29, 0.717) is 0 Å². The SMILES string of the molecule is O=C(NCc1nc(-c2cccc(C(F)(F)F)c2)no1)C1CCCN1. The Labute approximate surface area is 135 Å². The van der Waals surface area contributed by atoms with Crippen molar-refractivity contribution in [1.82, 2.24) is 20.8 Å². The molecule has 128 valence electrons. The van der Waals surface area contributed by atoms with Crippen LogP contribution in [0.2, 0.25) is 0 Å². The molecule has 0 aliphatic carbocycles. The standard InChI is InChI=1S/C15H15F3N4O2/c16-15(17,18)10-4-1-3-9(7-10)13-21-12(24-22-13)8-20-14(23)11-5-2-6-19-11/h1,3-4,7,11,19H,2,5-6,8H2,(H,20,23). The van der Waals surface area contributed by atoms with Crippen LogP contribution in [-0.4, -0.2) is 28.6 Å². The van der Waals surface area contributed by atoms with Crippen molar-refractivity contribution in [3.05, 3.63) is 35.7 Å². The van der Waals surface area contributed by atoms with Crippen LogP contribution in [0.3, 0.4) is 0 Å². The minimum Gasteiger partial charge on any atom is -0.346 e. The number of alkyl halides is 3. The molecule has 9 heteroatoms. The normalized spacial score (nSPS) is 17.9. The molecule has 1 fully saturated rings. The Balaban J connectivity index is 1.66. The van der Waals surface area contributed by atoms with Gasteiger partial charge in [-0.1, -0.05) is 17.3 Å². The highest BCUT2D eigenvalue weighted by Crippen LogP contribution is 2.31. The molecule has 24 heavy (non-hydrogen) atoms. The maximum atomic E-state index is 12.7. The van der Waals surface area contributed by atoms with Crippen LogP contribution >= 0.6 is 0 Å². The molecule has 1 unspecified atom stereocenters. The van der Waals surface area contributed by atoms with E-state index in [-0.39, 0.29) is 35.8 Å². The number of halogens is 3. The molecule has 1 aromatic carbocycles. The summed E-state index contributed by atoms with van der Waals surface area (Å²) in [7, 11) is 0. The monoisotopic (exact) mass is 340 g/mol. The van der Waals surface area contributed by atoms with E-state index in [4.69, 9.17) is 4.52 Å². The van der Waals surface area contributed by atoms with Gasteiger partial charge in [0.15, 0.2) is 0 Å². The molecule has 0 bridgehead atoms. The van der Waals surface area contributed by atoms with Gasteiger partial charge < -0.3 is 15.2 Å². The predicted molar refractivity (Wildman–Crippen MR) is 77.6 cm³/mol. The third-order valence-electron chi connectivity index (χ3n) is 3.71. The number of carbonyl (C=O) groups excluding carboxylic acids is 1. The summed E-state index contributed by atoms with van der Waals surface area (Å²) in [5.41, 5.74) is -0.587. The van der Waals surface area contributed by atoms with Crippen molar-refractivity contribution < 1.29 is 22.5 Å². The summed E-state index contributed by atoms with van der Waals surface area (Å²) in [6, 6.07) is 4.44. The number of carbonyl (C=O) groups is 1. The number of aromatic nitrogens is 2. The average Bonchev–Trinajstić information content (AvgIpc) is 3.23. The van der Waals surface area contributed by atoms with Gasteiger partial charge in [-0.25, -0.2) is 0 Å². The fraction of sp³-hybridized carbons (Fsp3) is 0.400. The molecule has 1 atom stereocenters. The van der Waals surface area contributed by atoms with Crippen molar-refractivity contribution in [3.8, 4) is 11.4 Å². The van der Waals surface area contributed by atoms with E-state index in [1.807, 2.05) is 0 Å². The zero-order valence-electron chi connectivity index (χ0n) is 12.6. The van der Waals surface area contributed by atoms with Gasteiger partial charge in [0, 0.05) is 5.56 Å². The van der Waals surface area contributed by atoms with Crippen molar-refractivity contribution >= 4 is 5.91 Å². The average molecular weight is 340 g/mol. The Morgan fingerprint density at radius 2 is 2.25 bits per heavy atom. The van der Waals surface area contributed by atoms with Crippen molar-refractivity contribution in [3.63, 3.8) is 0 Å². The minimum atomic E-state index is -4.44. The third kappa shape index (κ3) is 3.73. The second-order valence-electron chi connectivity index (χ2n) is 5.46. The van der Waals surface area contributed by atoms with Gasteiger partial charge in [0.1, 0.15) is 0 Å². The van der Waals surface area contributed by atoms with Gasteiger partial charge in [0.05, 0.1) is 18.2 Å². The first kappa shape index (κ1) is 16.4. The Hall–Kier alpha value is -2.42. The lowest BCUT2D eigenvalue weighted by molar-refractivity contribution is -0.137. The Morgan fingerprint density at radius 3 is 2.96 bits per heavy atom. The van der Waals surface area contributed by atoms with Gasteiger partial charge >= 0.3 is 6.18 Å². The molecule has 1 aliphatic rings. The van der Waals surface area contributed by atoms with E-state index < -0.39 is 11.7 Å². The summed E-state index contributed by atoms with van der Waals surface area (Å²) >= 11 is 0. The molecular weight excluding hydrogens is 325 g/mol. The van der Waals surface area contributed by atoms with Gasteiger partial charge in [-0.2, -0.15) is 18.2 Å². The molecule has 2 aromatic rings. The zero-order valence-corrected chi connectivity index (χ0v) is 12.6. The molecule has 1 aromatic heterocycles. The van der Waals surface area contributed by atoms with Crippen molar-refractivity contribution in [2.24, 2.45) is 0 Å². The van der Waals surface area contributed by atoms with E-state index >= 15 is 0 Å². The second-order valence-corrected chi connectivity index (χ2v) is 5.46. The molecule has 0 spiro atoms. The van der Waals surface area contributed by atoms with Crippen LogP contribution in [0.25, 0.3) is 11.4 Å². The van der Waals surface area contributed by atoms with Crippen LogP contribution < -0.4 is 10.6 Å². The Morgan fingerprint density at radius 1 is 1.42 bits per heavy atom. The third-order valence-corrected chi connectivity index (χ3v) is 3.71. The van der Waals surface area contributed by atoms with Gasteiger partial charge in [0.25, 0.3) is 0 Å². The van der Waals surface area contributed by atoms with Gasteiger partial charge in [0.2, 0.25) is 17.6 Å². The van der Waals surface area contributed by atoms with Gasteiger partial charge in [-0.05, 0) is 31.5 Å².